The van der Waals surface area contributed by atoms with Gasteiger partial charge in [0.1, 0.15) is 0 Å². The minimum Gasteiger partial charge on any atom is -0.466 e. The largest absolute Gasteiger partial charge is 0.466 e. The Morgan fingerprint density at radius 2 is 1.22 bits per heavy atom. The van der Waals surface area contributed by atoms with Crippen LogP contribution < -0.4 is 0 Å². The van der Waals surface area contributed by atoms with Gasteiger partial charge in [0.25, 0.3) is 0 Å². The van der Waals surface area contributed by atoms with E-state index >= 15 is 0 Å². The first-order valence-electron chi connectivity index (χ1n) is 20.4. The van der Waals surface area contributed by atoms with E-state index in [2.05, 4.69) is 18.7 Å². The highest BCUT2D eigenvalue weighted by atomic mass is 16.5. The molecule has 6 fully saturated rings. The van der Waals surface area contributed by atoms with E-state index in [0.717, 1.165) is 57.4 Å². The lowest BCUT2D eigenvalue weighted by Crippen LogP contribution is -2.67. The predicted octanol–water partition coefficient (Wildman–Crippen LogP) is 7.87. The van der Waals surface area contributed by atoms with Crippen molar-refractivity contribution in [3.8, 4) is 0 Å². The Labute approximate surface area is 303 Å². The topological polar surface area (TPSA) is 102 Å². The lowest BCUT2D eigenvalue weighted by molar-refractivity contribution is -0.200. The standard InChI is InChI=1S/C41H70N2O7/c1-5-7-9-12-33(13-10-8-6-2)20-25-48-36(45)15-16-37(46)49-31-40-27-41(28-40,30-43(29-40)35(44)14-11-24-42(3)4)32-50-38(47)26-39-21-17-34(18-22-39)19-23-39/h33-34H,5-32H2,1-4H3. The molecule has 4 saturated carbocycles. The molecule has 2 aliphatic heterocycles. The normalized spacial score (nSPS) is 26.9. The van der Waals surface area contributed by atoms with Gasteiger partial charge in [-0.3, -0.25) is 19.2 Å². The molecule has 2 saturated heterocycles. The molecule has 4 aliphatic carbocycles. The number of carbonyl (C=O) groups excluding carboxylic acids is 4. The van der Waals surface area contributed by atoms with Crippen LogP contribution in [0, 0.1) is 28.1 Å². The zero-order chi connectivity index (χ0) is 36.0. The van der Waals surface area contributed by atoms with E-state index in [4.69, 9.17) is 14.2 Å². The number of ether oxygens (including phenoxy) is 3. The first-order chi connectivity index (χ1) is 24.0. The van der Waals surface area contributed by atoms with Gasteiger partial charge in [0, 0.05) is 30.3 Å². The Hall–Kier alpha value is -2.16. The van der Waals surface area contributed by atoms with Gasteiger partial charge in [-0.2, -0.15) is 0 Å². The van der Waals surface area contributed by atoms with Crippen molar-refractivity contribution in [3.05, 3.63) is 0 Å². The maximum Gasteiger partial charge on any atom is 0.306 e. The van der Waals surface area contributed by atoms with Crippen molar-refractivity contribution in [2.75, 3.05) is 53.6 Å². The summed E-state index contributed by atoms with van der Waals surface area (Å²) in [5, 5.41) is 0. The molecule has 2 heterocycles. The van der Waals surface area contributed by atoms with Crippen molar-refractivity contribution in [1.29, 1.82) is 0 Å². The van der Waals surface area contributed by atoms with Crippen LogP contribution in [0.4, 0.5) is 0 Å². The molecule has 286 valence electrons. The number of piperidine rings is 2. The molecule has 0 radical (unpaired) electrons. The van der Waals surface area contributed by atoms with Crippen molar-refractivity contribution in [3.63, 3.8) is 0 Å². The van der Waals surface area contributed by atoms with E-state index in [1.54, 1.807) is 0 Å². The van der Waals surface area contributed by atoms with E-state index in [9.17, 15) is 19.2 Å². The molecule has 0 aromatic rings. The zero-order valence-electron chi connectivity index (χ0n) is 32.2. The number of fused-ring (bicyclic) bond motifs is 5. The molecule has 50 heavy (non-hydrogen) atoms. The Morgan fingerprint density at radius 1 is 0.680 bits per heavy atom. The average Bonchev–Trinajstić information content (AvgIpc) is 3.09. The molecule has 0 aromatic heterocycles. The minimum atomic E-state index is -0.409. The highest BCUT2D eigenvalue weighted by molar-refractivity contribution is 5.78. The van der Waals surface area contributed by atoms with E-state index in [1.165, 1.54) is 70.6 Å². The van der Waals surface area contributed by atoms with E-state index < -0.39 is 5.97 Å². The Kier molecular flexibility index (Phi) is 15.9. The van der Waals surface area contributed by atoms with Crippen LogP contribution in [0.1, 0.15) is 155 Å². The van der Waals surface area contributed by atoms with Crippen molar-refractivity contribution in [2.45, 2.75) is 155 Å². The average molecular weight is 703 g/mol. The fourth-order valence-electron chi connectivity index (χ4n) is 9.72. The maximum absolute atomic E-state index is 13.3. The summed E-state index contributed by atoms with van der Waals surface area (Å²) in [5.74, 6) is 0.685. The Balaban J connectivity index is 1.22. The van der Waals surface area contributed by atoms with Gasteiger partial charge in [-0.25, -0.2) is 0 Å². The fraction of sp³-hybridized carbons (Fsp3) is 0.902. The molecule has 6 rings (SSSR count). The summed E-state index contributed by atoms with van der Waals surface area (Å²) in [5.41, 5.74) is -0.517. The van der Waals surface area contributed by atoms with Crippen LogP contribution in [0.5, 0.6) is 0 Å². The molecule has 9 nitrogen and oxygen atoms in total. The van der Waals surface area contributed by atoms with Crippen LogP contribution in [0.15, 0.2) is 0 Å². The number of nitrogens with zero attached hydrogens (tertiary/aromatic N) is 2. The number of hydrogen-bond donors (Lipinski definition) is 0. The zero-order valence-corrected chi connectivity index (χ0v) is 32.2. The number of carbonyl (C=O) groups is 4. The molecule has 0 N–H and O–H groups in total. The Morgan fingerprint density at radius 3 is 1.76 bits per heavy atom. The molecule has 0 aromatic carbocycles. The number of rotatable bonds is 24. The Bertz CT molecular complexity index is 1070. The van der Waals surface area contributed by atoms with Gasteiger partial charge in [-0.05, 0) is 102 Å². The number of hydrogen-bond acceptors (Lipinski definition) is 8. The third kappa shape index (κ3) is 12.5. The van der Waals surface area contributed by atoms with E-state index in [0.29, 0.717) is 45.1 Å². The summed E-state index contributed by atoms with van der Waals surface area (Å²) >= 11 is 0. The predicted molar refractivity (Wildman–Crippen MR) is 195 cm³/mol. The molecule has 1 amide bonds. The molecule has 4 bridgehead atoms. The lowest BCUT2D eigenvalue weighted by atomic mass is 9.50. The third-order valence-corrected chi connectivity index (χ3v) is 12.5. The first-order valence-corrected chi connectivity index (χ1v) is 20.4. The summed E-state index contributed by atoms with van der Waals surface area (Å²) < 4.78 is 17.3. The van der Waals surface area contributed by atoms with Crippen LogP contribution in [-0.4, -0.2) is 87.2 Å². The molecule has 6 aliphatic rings. The van der Waals surface area contributed by atoms with Gasteiger partial charge in [0.2, 0.25) is 5.91 Å². The van der Waals surface area contributed by atoms with Gasteiger partial charge in [-0.15, -0.1) is 0 Å². The summed E-state index contributed by atoms with van der Waals surface area (Å²) in [7, 11) is 4.01. The third-order valence-electron chi connectivity index (χ3n) is 12.5. The lowest BCUT2D eigenvalue weighted by Gasteiger charge is -2.62. The monoisotopic (exact) mass is 703 g/mol. The molecule has 0 unspecified atom stereocenters. The molecule has 0 atom stereocenters. The van der Waals surface area contributed by atoms with Crippen LogP contribution >= 0.6 is 0 Å². The van der Waals surface area contributed by atoms with Crippen LogP contribution in [0.3, 0.4) is 0 Å². The smallest absolute Gasteiger partial charge is 0.306 e. The number of esters is 3. The van der Waals surface area contributed by atoms with E-state index in [-0.39, 0.29) is 53.5 Å². The highest BCUT2D eigenvalue weighted by Crippen LogP contribution is 2.59. The summed E-state index contributed by atoms with van der Waals surface area (Å²) in [6.07, 6.45) is 21.0. The minimum absolute atomic E-state index is 0.0101. The molecular weight excluding hydrogens is 632 g/mol. The quantitative estimate of drug-likeness (QED) is 0.0569. The second-order valence-corrected chi connectivity index (χ2v) is 17.4. The summed E-state index contributed by atoms with van der Waals surface area (Å²) in [6, 6.07) is 0. The van der Waals surface area contributed by atoms with Crippen LogP contribution in [0.2, 0.25) is 0 Å². The van der Waals surface area contributed by atoms with Crippen molar-refractivity contribution in [1.82, 2.24) is 9.80 Å². The second-order valence-electron chi connectivity index (χ2n) is 17.4. The molecule has 0 spiro atoms. The van der Waals surface area contributed by atoms with Gasteiger partial charge in [0.15, 0.2) is 0 Å². The van der Waals surface area contributed by atoms with Crippen molar-refractivity contribution < 1.29 is 33.4 Å². The molecule has 9 heteroatoms. The van der Waals surface area contributed by atoms with Gasteiger partial charge in [0.05, 0.1) is 39.1 Å². The number of amides is 1. The van der Waals surface area contributed by atoms with Crippen LogP contribution in [-0.2, 0) is 33.4 Å². The SMILES string of the molecule is CCCCCC(CCCCC)CCOC(=O)CCC(=O)OCC12CN(C(=O)CCCN(C)C)CC(COC(=O)CC34CCC(CC3)CC4)(C1)C2. The second kappa shape index (κ2) is 19.6. The first kappa shape index (κ1) is 40.6. The summed E-state index contributed by atoms with van der Waals surface area (Å²) in [6.45, 7) is 7.33. The summed E-state index contributed by atoms with van der Waals surface area (Å²) in [4.78, 5) is 55.8. The van der Waals surface area contributed by atoms with Gasteiger partial charge < -0.3 is 24.0 Å². The van der Waals surface area contributed by atoms with Crippen LogP contribution in [0.25, 0.3) is 0 Å². The fourth-order valence-corrected chi connectivity index (χ4v) is 9.72. The highest BCUT2D eigenvalue weighted by Gasteiger charge is 2.61. The van der Waals surface area contributed by atoms with Crippen molar-refractivity contribution in [2.24, 2.45) is 28.1 Å². The molecular formula is C41H70N2O7. The van der Waals surface area contributed by atoms with Gasteiger partial charge in [-0.1, -0.05) is 65.2 Å². The van der Waals surface area contributed by atoms with E-state index in [1.807, 2.05) is 19.0 Å². The maximum atomic E-state index is 13.3. The van der Waals surface area contributed by atoms with Crippen molar-refractivity contribution >= 4 is 23.8 Å². The van der Waals surface area contributed by atoms with Gasteiger partial charge >= 0.3 is 17.9 Å². The number of unbranched alkanes of at least 4 members (excludes halogenated alkanes) is 4.